The Kier molecular flexibility index (Phi) is 7.55. The minimum absolute atomic E-state index is 0.0372. The van der Waals surface area contributed by atoms with E-state index >= 15 is 0 Å². The number of nitrogens with two attached hydrogens (primary N) is 1. The van der Waals surface area contributed by atoms with Crippen molar-refractivity contribution >= 4 is 24.3 Å². The molecule has 0 radical (unpaired) electrons. The largest absolute Gasteiger partial charge is 0.403 e. The summed E-state index contributed by atoms with van der Waals surface area (Å²) in [4.78, 5) is 0. The molecule has 0 aliphatic rings. The molecule has 0 unspecified atom stereocenters. The van der Waals surface area contributed by atoms with Crippen molar-refractivity contribution in [2.75, 3.05) is 6.54 Å². The molecule has 0 saturated heterocycles. The first-order valence-corrected chi connectivity index (χ1v) is 13.3. The third kappa shape index (κ3) is 4.66. The first-order chi connectivity index (χ1) is 15.2. The Bertz CT molecular complexity index is 1030. The number of rotatable bonds is 7. The number of allylic oxidation sites excluding steroid dienone is 1. The zero-order valence-electron chi connectivity index (χ0n) is 20.4. The summed E-state index contributed by atoms with van der Waals surface area (Å²) < 4.78 is 7.20. The number of hydrogen-bond acceptors (Lipinski definition) is 2. The second-order valence-corrected chi connectivity index (χ2v) is 13.9. The van der Waals surface area contributed by atoms with E-state index in [1.165, 1.54) is 38.2 Å². The summed E-state index contributed by atoms with van der Waals surface area (Å²) in [7, 11) is -2.57. The first-order valence-electron chi connectivity index (χ1n) is 11.4. The van der Waals surface area contributed by atoms with Crippen LogP contribution in [0.15, 0.2) is 78.9 Å². The van der Waals surface area contributed by atoms with Crippen molar-refractivity contribution in [1.82, 2.24) is 0 Å². The van der Waals surface area contributed by atoms with Crippen LogP contribution in [0.25, 0.3) is 5.57 Å². The molecular formula is C29H37NOSi. The highest BCUT2D eigenvalue weighted by Crippen LogP contribution is 2.38. The van der Waals surface area contributed by atoms with Gasteiger partial charge >= 0.3 is 0 Å². The van der Waals surface area contributed by atoms with Gasteiger partial charge in [0.05, 0.1) is 6.61 Å². The van der Waals surface area contributed by atoms with E-state index in [0.717, 1.165) is 0 Å². The maximum absolute atomic E-state index is 7.20. The summed E-state index contributed by atoms with van der Waals surface area (Å²) in [5.41, 5.74) is 12.1. The fraction of sp³-hybridized carbons (Fsp3) is 0.310. The quantitative estimate of drug-likeness (QED) is 0.472. The number of benzene rings is 3. The highest BCUT2D eigenvalue weighted by Gasteiger charge is 2.50. The number of hydrogen-bond donors (Lipinski definition) is 1. The fourth-order valence-corrected chi connectivity index (χ4v) is 9.29. The van der Waals surface area contributed by atoms with E-state index in [4.69, 9.17) is 10.2 Å². The van der Waals surface area contributed by atoms with Crippen LogP contribution in [-0.2, 0) is 11.0 Å². The van der Waals surface area contributed by atoms with Gasteiger partial charge in [0.1, 0.15) is 0 Å². The molecular weight excluding hydrogens is 406 g/mol. The summed E-state index contributed by atoms with van der Waals surface area (Å²) >= 11 is 0. The SMILES string of the molecule is C/C(=C/CN)c1ccc(C)c(CO[Si](c2ccccc2)(c2ccccc2)C(C)(C)C)c1C. The molecule has 32 heavy (non-hydrogen) atoms. The third-order valence-corrected chi connectivity index (χ3v) is 11.5. The molecule has 0 spiro atoms. The molecule has 168 valence electrons. The monoisotopic (exact) mass is 443 g/mol. The van der Waals surface area contributed by atoms with Crippen LogP contribution in [0.5, 0.6) is 0 Å². The lowest BCUT2D eigenvalue weighted by molar-refractivity contribution is 0.285. The van der Waals surface area contributed by atoms with Crippen LogP contribution >= 0.6 is 0 Å². The Labute approximate surface area is 195 Å². The zero-order chi connectivity index (χ0) is 23.4. The summed E-state index contributed by atoms with van der Waals surface area (Å²) in [6, 6.07) is 26.1. The van der Waals surface area contributed by atoms with E-state index in [1.54, 1.807) is 0 Å². The lowest BCUT2D eigenvalue weighted by Gasteiger charge is -2.43. The van der Waals surface area contributed by atoms with Crippen LogP contribution in [0.2, 0.25) is 5.04 Å². The van der Waals surface area contributed by atoms with E-state index in [2.05, 4.69) is 120 Å². The van der Waals surface area contributed by atoms with E-state index in [0.29, 0.717) is 13.2 Å². The fourth-order valence-electron chi connectivity index (χ4n) is 4.77. The normalized spacial score (nSPS) is 12.8. The molecule has 0 amide bonds. The second-order valence-electron chi connectivity index (χ2n) is 9.61. The topological polar surface area (TPSA) is 35.2 Å². The van der Waals surface area contributed by atoms with E-state index < -0.39 is 8.32 Å². The molecule has 3 aromatic rings. The molecule has 0 aliphatic heterocycles. The van der Waals surface area contributed by atoms with Crippen LogP contribution in [0.4, 0.5) is 0 Å². The average Bonchev–Trinajstić information content (AvgIpc) is 2.76. The molecule has 0 aliphatic carbocycles. The standard InChI is InChI=1S/C29H37NOSi/c1-22-17-18-27(23(2)19-20-30)24(3)28(22)21-31-32(29(4,5)6,25-13-9-7-10-14-25)26-15-11-8-12-16-26/h7-19H,20-21,30H2,1-6H3/b23-19-. The summed E-state index contributed by atoms with van der Waals surface area (Å²) in [5, 5.41) is 2.58. The van der Waals surface area contributed by atoms with Gasteiger partial charge in [-0.05, 0) is 64.0 Å². The molecule has 2 N–H and O–H groups in total. The summed E-state index contributed by atoms with van der Waals surface area (Å²) in [6.45, 7) is 14.6. The van der Waals surface area contributed by atoms with Gasteiger partial charge in [-0.15, -0.1) is 0 Å². The molecule has 3 heteroatoms. The Morgan fingerprint density at radius 1 is 0.875 bits per heavy atom. The van der Waals surface area contributed by atoms with Gasteiger partial charge in [0, 0.05) is 6.54 Å². The van der Waals surface area contributed by atoms with E-state index in [-0.39, 0.29) is 5.04 Å². The van der Waals surface area contributed by atoms with Gasteiger partial charge in [-0.3, -0.25) is 0 Å². The van der Waals surface area contributed by atoms with Gasteiger partial charge in [-0.1, -0.05) is 99.6 Å². The van der Waals surface area contributed by atoms with Crippen molar-refractivity contribution in [2.45, 2.75) is 53.2 Å². The highest BCUT2D eigenvalue weighted by molar-refractivity contribution is 6.99. The van der Waals surface area contributed by atoms with Crippen molar-refractivity contribution in [3.8, 4) is 0 Å². The Morgan fingerprint density at radius 3 is 1.88 bits per heavy atom. The zero-order valence-corrected chi connectivity index (χ0v) is 21.4. The molecule has 0 saturated carbocycles. The van der Waals surface area contributed by atoms with Gasteiger partial charge in [0.15, 0.2) is 0 Å². The minimum Gasteiger partial charge on any atom is -0.403 e. The molecule has 0 fully saturated rings. The molecule has 0 atom stereocenters. The van der Waals surface area contributed by atoms with Crippen molar-refractivity contribution < 1.29 is 4.43 Å². The van der Waals surface area contributed by atoms with E-state index in [1.807, 2.05) is 0 Å². The average molecular weight is 444 g/mol. The predicted octanol–water partition coefficient (Wildman–Crippen LogP) is 5.74. The number of aryl methyl sites for hydroxylation is 1. The van der Waals surface area contributed by atoms with Crippen molar-refractivity contribution in [3.63, 3.8) is 0 Å². The predicted molar refractivity (Wildman–Crippen MR) is 141 cm³/mol. The summed E-state index contributed by atoms with van der Waals surface area (Å²) in [5.74, 6) is 0. The maximum Gasteiger partial charge on any atom is 0.261 e. The molecule has 3 rings (SSSR count). The van der Waals surface area contributed by atoms with Crippen LogP contribution in [0.1, 0.15) is 49.9 Å². The Morgan fingerprint density at radius 2 is 1.41 bits per heavy atom. The van der Waals surface area contributed by atoms with Gasteiger partial charge in [-0.2, -0.15) is 0 Å². The molecule has 3 aromatic carbocycles. The summed E-state index contributed by atoms with van der Waals surface area (Å²) in [6.07, 6.45) is 2.09. The molecule has 0 heterocycles. The van der Waals surface area contributed by atoms with Gasteiger partial charge < -0.3 is 10.2 Å². The van der Waals surface area contributed by atoms with Gasteiger partial charge in [0.2, 0.25) is 0 Å². The lowest BCUT2D eigenvalue weighted by Crippen LogP contribution is -2.66. The smallest absolute Gasteiger partial charge is 0.261 e. The van der Waals surface area contributed by atoms with Crippen LogP contribution in [0.3, 0.4) is 0 Å². The van der Waals surface area contributed by atoms with Gasteiger partial charge in [-0.25, -0.2) is 0 Å². The Balaban J connectivity index is 2.14. The van der Waals surface area contributed by atoms with Crippen molar-refractivity contribution in [3.05, 3.63) is 101 Å². The van der Waals surface area contributed by atoms with Crippen LogP contribution in [0, 0.1) is 13.8 Å². The lowest BCUT2D eigenvalue weighted by atomic mass is 9.94. The second kappa shape index (κ2) is 9.99. The van der Waals surface area contributed by atoms with Crippen LogP contribution < -0.4 is 16.1 Å². The van der Waals surface area contributed by atoms with Crippen LogP contribution in [-0.4, -0.2) is 14.9 Å². The molecule has 0 bridgehead atoms. The van der Waals surface area contributed by atoms with Gasteiger partial charge in [0.25, 0.3) is 8.32 Å². The minimum atomic E-state index is -2.57. The van der Waals surface area contributed by atoms with Crippen molar-refractivity contribution in [2.24, 2.45) is 5.73 Å². The van der Waals surface area contributed by atoms with E-state index in [9.17, 15) is 0 Å². The first kappa shape index (κ1) is 24.2. The maximum atomic E-state index is 7.20. The Hall–Kier alpha value is -2.46. The third-order valence-electron chi connectivity index (χ3n) is 6.53. The van der Waals surface area contributed by atoms with Crippen molar-refractivity contribution in [1.29, 1.82) is 0 Å². The highest BCUT2D eigenvalue weighted by atomic mass is 28.4. The molecule has 2 nitrogen and oxygen atoms in total. The molecule has 0 aromatic heterocycles.